The Morgan fingerprint density at radius 2 is 0.192 bits per heavy atom. The zero-order valence-electron chi connectivity index (χ0n) is 65.5. The summed E-state index contributed by atoms with van der Waals surface area (Å²) in [5, 5.41) is 0. The molecule has 0 amide bonds. The molecule has 0 heterocycles. The van der Waals surface area contributed by atoms with Crippen molar-refractivity contribution >= 4 is 152 Å². The Labute approximate surface area is 818 Å². The first kappa shape index (κ1) is 153. The van der Waals surface area contributed by atoms with Crippen LogP contribution in [0.2, 0.25) is 0 Å². The second kappa shape index (κ2) is 63.8. The van der Waals surface area contributed by atoms with E-state index >= 15 is 0 Å². The molecule has 730 valence electrons. The van der Waals surface area contributed by atoms with Gasteiger partial charge in [0.05, 0.1) is 6.29 Å². The molecule has 0 spiro atoms. The molecule has 0 radical (unpaired) electrons. The van der Waals surface area contributed by atoms with Crippen LogP contribution in [0.3, 0.4) is 0 Å². The van der Waals surface area contributed by atoms with Crippen molar-refractivity contribution in [2.75, 3.05) is 191 Å². The largest absolute Gasteiger partial charge is 1.00 e. The number of hydrogen-bond acceptors (Lipinski definition) is 35. The van der Waals surface area contributed by atoms with Crippen LogP contribution < -0.4 is 172 Å². The third-order valence-corrected chi connectivity index (χ3v) is 26.6. The van der Waals surface area contributed by atoms with E-state index in [0.717, 1.165) is 0 Å². The summed E-state index contributed by atoms with van der Waals surface area (Å²) in [7, 11) is -95.4. The van der Waals surface area contributed by atoms with Crippen molar-refractivity contribution in [3.05, 3.63) is 0 Å². The van der Waals surface area contributed by atoms with E-state index < -0.39 is 343 Å². The monoisotopic (exact) mass is 2290 g/mol. The molecular formula is C30H95N10Na5O60P20. The van der Waals surface area contributed by atoms with Crippen LogP contribution in [0, 0.1) is 0 Å². The first-order chi connectivity index (χ1) is 51.8. The SMILES string of the molecule is O=P(O)(O)CN(CCN(CP(=O)(O)O)CP(=O)(O)O)CP(=O)(O)O.O=P(O)(O)CN(CCN(CP(=O)(O)O)CP(=O)(O)O)CP(=O)(O)O.O=P(O)(O)CN(CCN(CP(=O)(O)O)CP(=O)(O)O)CP(=O)(O)O.O=P(O)(O)CN(CCN(CP(=O)(O)O)CP(=O)(O)O)CP(=O)(O)O.O=P([O-])([O-])CN(CCN(CP(=O)([O-])O)CP(=O)(O)O)CP(=O)([O-])[O-].[Na+].[Na+].[Na+].[Na+].[Na+]. The molecular weight excluding hydrogens is 2190 g/mol. The van der Waals surface area contributed by atoms with Crippen molar-refractivity contribution in [3.63, 3.8) is 0 Å². The minimum absolute atomic E-state index is 0. The molecule has 70 nitrogen and oxygen atoms in total. The maximum absolute atomic E-state index is 11.0. The second-order valence-electron chi connectivity index (χ2n) is 24.9. The fourth-order valence-corrected chi connectivity index (χ4v) is 25.2. The average Bonchev–Trinajstić information content (AvgIpc) is 0.882. The zero-order chi connectivity index (χ0) is 97.0. The van der Waals surface area contributed by atoms with Gasteiger partial charge in [0.15, 0.2) is 0 Å². The maximum atomic E-state index is 11.0. The summed E-state index contributed by atoms with van der Waals surface area (Å²) in [6, 6.07) is 0. The third kappa shape index (κ3) is 126. The second-order valence-corrected chi connectivity index (χ2v) is 56.9. The van der Waals surface area contributed by atoms with Gasteiger partial charge in [0.1, 0.15) is 114 Å². The van der Waals surface area contributed by atoms with Gasteiger partial charge in [-0.05, 0) is 0 Å². The Morgan fingerprint density at radius 1 is 0.128 bits per heavy atom. The van der Waals surface area contributed by atoms with Crippen molar-refractivity contribution < 1.29 is 435 Å². The summed E-state index contributed by atoms with van der Waals surface area (Å²) < 4.78 is 219. The van der Waals surface area contributed by atoms with Crippen molar-refractivity contribution in [1.82, 2.24) is 49.0 Å². The van der Waals surface area contributed by atoms with Crippen LogP contribution in [-0.4, -0.2) is 411 Å². The summed E-state index contributed by atoms with van der Waals surface area (Å²) >= 11 is 0. The van der Waals surface area contributed by atoms with Gasteiger partial charge in [0.25, 0.3) is 0 Å². The van der Waals surface area contributed by atoms with Crippen molar-refractivity contribution in [2.24, 2.45) is 0 Å². The van der Waals surface area contributed by atoms with E-state index in [-0.39, 0.29) is 148 Å². The molecule has 0 aliphatic heterocycles. The van der Waals surface area contributed by atoms with E-state index in [9.17, 15) is 116 Å². The van der Waals surface area contributed by atoms with E-state index in [1.807, 2.05) is 0 Å². The minimum Gasteiger partial charge on any atom is -0.810 e. The van der Waals surface area contributed by atoms with Gasteiger partial charge >= 0.3 is 277 Å². The normalized spacial score (nSPS) is 14.4. The molecule has 1 atom stereocenters. The van der Waals surface area contributed by atoms with Crippen molar-refractivity contribution in [2.45, 2.75) is 0 Å². The van der Waals surface area contributed by atoms with Crippen LogP contribution in [0.4, 0.5) is 0 Å². The average molecular weight is 2290 g/mol. The molecule has 0 bridgehead atoms. The predicted octanol–water partition coefficient (Wildman–Crippen LogP) is -27.5. The molecule has 0 aromatic heterocycles. The predicted molar refractivity (Wildman–Crippen MR) is 394 cm³/mol. The molecule has 0 fully saturated rings. The van der Waals surface area contributed by atoms with Crippen LogP contribution in [0.5, 0.6) is 0 Å². The summed E-state index contributed by atoms with van der Waals surface area (Å²) in [4.78, 5) is 370. The quantitative estimate of drug-likeness (QED) is 0.0199. The zero-order valence-corrected chi connectivity index (χ0v) is 93.4. The summed E-state index contributed by atoms with van der Waals surface area (Å²) in [5.41, 5.74) is 0. The Hall–Kier alpha value is 7.60. The van der Waals surface area contributed by atoms with E-state index in [1.54, 1.807) is 0 Å². The van der Waals surface area contributed by atoms with E-state index in [0.29, 0.717) is 49.0 Å². The van der Waals surface area contributed by atoms with E-state index in [2.05, 4.69) is 0 Å². The summed E-state index contributed by atoms with van der Waals surface area (Å²) in [6.45, 7) is -5.38. The maximum Gasteiger partial charge on any atom is 1.00 e. The van der Waals surface area contributed by atoms with Gasteiger partial charge in [-0.3, -0.25) is 127 Å². The molecule has 0 rings (SSSR count). The van der Waals surface area contributed by atoms with Crippen LogP contribution >= 0.6 is 152 Å². The number of nitrogens with zero attached hydrogens (tertiary/aromatic N) is 10. The molecule has 0 saturated heterocycles. The van der Waals surface area contributed by atoms with E-state index in [1.165, 1.54) is 0 Å². The van der Waals surface area contributed by atoms with Gasteiger partial charge in [0, 0.05) is 78.0 Å². The number of rotatable bonds is 55. The van der Waals surface area contributed by atoms with E-state index in [4.69, 9.17) is 171 Å². The molecule has 0 saturated carbocycles. The molecule has 0 aromatic carbocycles. The van der Waals surface area contributed by atoms with Gasteiger partial charge in [0.2, 0.25) is 0 Å². The number of hydrogen-bond donors (Lipinski definition) is 35. The standard InChI is InChI=1S/5C6H20N2O12P4.5Na/c5*9-21(10,11)3-7(4-22(12,13)14)1-2-8(5-23(15,16)17)6-24(18,19)20;;;;;/h5*1-6H2,(H2,9,10,11)(H2,12,13,14)(H2,15,16,17)(H2,18,19,20);;;;;/q;;;;;5*+1/p-5. The van der Waals surface area contributed by atoms with Gasteiger partial charge < -0.3 is 209 Å². The van der Waals surface area contributed by atoms with Gasteiger partial charge in [-0.25, -0.2) is 0 Å². The van der Waals surface area contributed by atoms with Gasteiger partial charge in [-0.1, -0.05) is 15.2 Å². The Morgan fingerprint density at radius 3 is 0.248 bits per heavy atom. The Kier molecular flexibility index (Phi) is 78.0. The third-order valence-electron chi connectivity index (χ3n) is 11.3. The van der Waals surface area contributed by atoms with Crippen LogP contribution in [-0.2, 0) is 91.3 Å². The Balaban J connectivity index is -0.000000164. The Bertz CT molecular complexity index is 3070. The topological polar surface area (TPSA) is 1200 Å². The van der Waals surface area contributed by atoms with Crippen molar-refractivity contribution in [1.29, 1.82) is 0 Å². The molecule has 0 aliphatic rings. The first-order valence-corrected chi connectivity index (χ1v) is 65.7. The summed E-state index contributed by atoms with van der Waals surface area (Å²) in [6.07, 6.45) is -21.8. The molecule has 0 aliphatic carbocycles. The minimum atomic E-state index is -5.26. The van der Waals surface area contributed by atoms with Gasteiger partial charge in [-0.15, -0.1) is 0 Å². The molecule has 95 heteroatoms. The van der Waals surface area contributed by atoms with Crippen molar-refractivity contribution in [3.8, 4) is 0 Å². The fraction of sp³-hybridized carbons (Fsp3) is 1.00. The van der Waals surface area contributed by atoms with Crippen LogP contribution in [0.1, 0.15) is 0 Å². The summed E-state index contributed by atoms with van der Waals surface area (Å²) in [5.74, 6) is 0. The van der Waals surface area contributed by atoms with Gasteiger partial charge in [-0.2, -0.15) is 0 Å². The smallest absolute Gasteiger partial charge is 0.810 e. The van der Waals surface area contributed by atoms with Crippen LogP contribution in [0.25, 0.3) is 0 Å². The fourth-order valence-electron chi connectivity index (χ4n) is 8.45. The molecule has 1 unspecified atom stereocenters. The molecule has 0 aromatic rings. The molecule has 35 N–H and O–H groups in total. The van der Waals surface area contributed by atoms with Crippen LogP contribution in [0.15, 0.2) is 0 Å². The first-order valence-electron chi connectivity index (χ1n) is 29.9. The molecule has 125 heavy (non-hydrogen) atoms.